The van der Waals surface area contributed by atoms with Crippen LogP contribution in [0.25, 0.3) is 0 Å². The van der Waals surface area contributed by atoms with Crippen molar-refractivity contribution >= 4 is 17.8 Å². The maximum atomic E-state index is 13.5. The van der Waals surface area contributed by atoms with E-state index < -0.39 is 6.03 Å². The lowest BCUT2D eigenvalue weighted by molar-refractivity contribution is -0.139. The first-order chi connectivity index (χ1) is 15.0. The molecule has 2 aromatic carbocycles. The maximum Gasteiger partial charge on any atom is 0.327 e. The van der Waals surface area contributed by atoms with Gasteiger partial charge < -0.3 is 14.5 Å². The number of aryl methyl sites for hydroxylation is 1. The highest BCUT2D eigenvalue weighted by atomic mass is 16.5. The fourth-order valence-electron chi connectivity index (χ4n) is 4.44. The Balaban J connectivity index is 1.65. The van der Waals surface area contributed by atoms with E-state index in [-0.39, 0.29) is 30.9 Å². The third-order valence-corrected chi connectivity index (χ3v) is 6.05. The summed E-state index contributed by atoms with van der Waals surface area (Å²) in [7, 11) is 3.18. The molecule has 4 amide bonds. The molecule has 1 heterocycles. The molecule has 0 aromatic heterocycles. The number of methoxy groups -OCH3 is 1. The van der Waals surface area contributed by atoms with E-state index in [2.05, 4.69) is 12.1 Å². The Morgan fingerprint density at radius 2 is 1.97 bits per heavy atom. The number of urea groups is 1. The molecule has 2 aliphatic rings. The highest BCUT2D eigenvalue weighted by molar-refractivity contribution is 6.04. The first kappa shape index (κ1) is 20.9. The van der Waals surface area contributed by atoms with E-state index in [9.17, 15) is 14.4 Å². The van der Waals surface area contributed by atoms with Crippen LogP contribution < -0.4 is 4.74 Å². The number of amides is 4. The van der Waals surface area contributed by atoms with Gasteiger partial charge in [0.25, 0.3) is 5.91 Å². The summed E-state index contributed by atoms with van der Waals surface area (Å²) in [6, 6.07) is 15.3. The van der Waals surface area contributed by atoms with Crippen molar-refractivity contribution in [2.45, 2.75) is 31.8 Å². The topological polar surface area (TPSA) is 70.2 Å². The Morgan fingerprint density at radius 3 is 2.71 bits per heavy atom. The third-order valence-electron chi connectivity index (χ3n) is 6.05. The number of imide groups is 1. The van der Waals surface area contributed by atoms with E-state index in [1.54, 1.807) is 14.2 Å². The van der Waals surface area contributed by atoms with Crippen LogP contribution in [0.15, 0.2) is 48.5 Å². The summed E-state index contributed by atoms with van der Waals surface area (Å²) in [6.07, 6.45) is 2.81. The molecule has 2 aromatic rings. The van der Waals surface area contributed by atoms with E-state index in [0.717, 1.165) is 41.0 Å². The fourth-order valence-corrected chi connectivity index (χ4v) is 4.44. The Morgan fingerprint density at radius 1 is 1.16 bits per heavy atom. The SMILES string of the molecule is COc1cccc(CN(C(=O)CN2C(=O)CN(C)C2=O)C2CCCc3ccccc32)c1. The summed E-state index contributed by atoms with van der Waals surface area (Å²) in [5, 5.41) is 0. The molecular formula is C24H27N3O4. The van der Waals surface area contributed by atoms with Crippen molar-refractivity contribution in [2.24, 2.45) is 0 Å². The molecule has 1 saturated heterocycles. The summed E-state index contributed by atoms with van der Waals surface area (Å²) in [5.74, 6) is 0.146. The van der Waals surface area contributed by atoms with Crippen LogP contribution in [0.5, 0.6) is 5.75 Å². The van der Waals surface area contributed by atoms with E-state index in [1.807, 2.05) is 41.3 Å². The van der Waals surface area contributed by atoms with Crippen LogP contribution in [0.1, 0.15) is 35.6 Å². The minimum Gasteiger partial charge on any atom is -0.497 e. The average Bonchev–Trinajstić information content (AvgIpc) is 3.03. The van der Waals surface area contributed by atoms with Gasteiger partial charge in [-0.2, -0.15) is 0 Å². The summed E-state index contributed by atoms with van der Waals surface area (Å²) in [5.41, 5.74) is 3.32. The van der Waals surface area contributed by atoms with Gasteiger partial charge in [-0.3, -0.25) is 14.5 Å². The molecule has 1 aliphatic carbocycles. The molecule has 162 valence electrons. The number of carbonyl (C=O) groups excluding carboxylic acids is 3. The van der Waals surface area contributed by atoms with Crippen molar-refractivity contribution in [3.8, 4) is 5.75 Å². The van der Waals surface area contributed by atoms with Gasteiger partial charge in [0.1, 0.15) is 18.8 Å². The average molecular weight is 421 g/mol. The standard InChI is InChI=1S/C24H27N3O4/c1-25-15-22(28)27(24(25)30)16-23(29)26(14-17-7-5-10-19(13-17)31-2)21-12-6-9-18-8-3-4-11-20(18)21/h3-5,7-8,10-11,13,21H,6,9,12,14-16H2,1-2H3. The zero-order valence-electron chi connectivity index (χ0n) is 17.9. The van der Waals surface area contributed by atoms with Crippen LogP contribution in [0.3, 0.4) is 0 Å². The highest BCUT2D eigenvalue weighted by Crippen LogP contribution is 2.35. The number of likely N-dealkylation sites (N-methyl/N-ethyl adjacent to an activating group) is 1. The van der Waals surface area contributed by atoms with Gasteiger partial charge in [0, 0.05) is 13.6 Å². The Kier molecular flexibility index (Phi) is 5.93. The zero-order chi connectivity index (χ0) is 22.0. The fraction of sp³-hybridized carbons (Fsp3) is 0.375. The number of rotatable bonds is 6. The summed E-state index contributed by atoms with van der Waals surface area (Å²) in [6.45, 7) is 0.139. The minimum atomic E-state index is -0.427. The van der Waals surface area contributed by atoms with Crippen LogP contribution in [0, 0.1) is 0 Å². The van der Waals surface area contributed by atoms with E-state index in [4.69, 9.17) is 4.74 Å². The molecular weight excluding hydrogens is 394 g/mol. The molecule has 0 bridgehead atoms. The number of hydrogen-bond acceptors (Lipinski definition) is 4. The summed E-state index contributed by atoms with van der Waals surface area (Å²) >= 11 is 0. The van der Waals surface area contributed by atoms with Gasteiger partial charge in [-0.05, 0) is 48.1 Å². The minimum absolute atomic E-state index is 0.00819. The molecule has 1 aliphatic heterocycles. The van der Waals surface area contributed by atoms with Gasteiger partial charge in [-0.1, -0.05) is 36.4 Å². The van der Waals surface area contributed by atoms with E-state index in [1.165, 1.54) is 10.5 Å². The van der Waals surface area contributed by atoms with Gasteiger partial charge in [0.15, 0.2) is 0 Å². The van der Waals surface area contributed by atoms with Crippen LogP contribution in [-0.2, 0) is 22.6 Å². The van der Waals surface area contributed by atoms with Crippen molar-refractivity contribution in [1.82, 2.24) is 14.7 Å². The summed E-state index contributed by atoms with van der Waals surface area (Å²) in [4.78, 5) is 42.3. The molecule has 1 atom stereocenters. The van der Waals surface area contributed by atoms with Crippen molar-refractivity contribution in [3.05, 3.63) is 65.2 Å². The number of fused-ring (bicyclic) bond motifs is 1. The Hall–Kier alpha value is -3.35. The highest BCUT2D eigenvalue weighted by Gasteiger charge is 2.37. The number of nitrogens with zero attached hydrogens (tertiary/aromatic N) is 3. The lowest BCUT2D eigenvalue weighted by Gasteiger charge is -2.36. The first-order valence-electron chi connectivity index (χ1n) is 10.5. The third kappa shape index (κ3) is 4.26. The van der Waals surface area contributed by atoms with E-state index in [0.29, 0.717) is 6.54 Å². The van der Waals surface area contributed by atoms with Crippen LogP contribution in [-0.4, -0.2) is 59.8 Å². The normalized spacial score (nSPS) is 18.2. The van der Waals surface area contributed by atoms with Gasteiger partial charge in [0.05, 0.1) is 13.2 Å². The molecule has 4 rings (SSSR count). The lowest BCUT2D eigenvalue weighted by Crippen LogP contribution is -2.45. The van der Waals surface area contributed by atoms with Gasteiger partial charge in [-0.15, -0.1) is 0 Å². The predicted octanol–water partition coefficient (Wildman–Crippen LogP) is 3.00. The Bertz CT molecular complexity index is 1010. The molecule has 0 radical (unpaired) electrons. The largest absolute Gasteiger partial charge is 0.497 e. The van der Waals surface area contributed by atoms with Crippen molar-refractivity contribution < 1.29 is 19.1 Å². The molecule has 31 heavy (non-hydrogen) atoms. The van der Waals surface area contributed by atoms with Crippen molar-refractivity contribution in [3.63, 3.8) is 0 Å². The number of carbonyl (C=O) groups is 3. The second kappa shape index (κ2) is 8.79. The quantitative estimate of drug-likeness (QED) is 0.673. The van der Waals surface area contributed by atoms with Crippen LogP contribution >= 0.6 is 0 Å². The van der Waals surface area contributed by atoms with Crippen molar-refractivity contribution in [1.29, 1.82) is 0 Å². The number of benzene rings is 2. The van der Waals surface area contributed by atoms with Crippen molar-refractivity contribution in [2.75, 3.05) is 27.2 Å². The molecule has 1 fully saturated rings. The van der Waals surface area contributed by atoms with Gasteiger partial charge in [0.2, 0.25) is 5.91 Å². The summed E-state index contributed by atoms with van der Waals surface area (Å²) < 4.78 is 5.34. The van der Waals surface area contributed by atoms with Gasteiger partial charge in [-0.25, -0.2) is 4.79 Å². The molecule has 0 N–H and O–H groups in total. The molecule has 0 saturated carbocycles. The number of ether oxygens (including phenoxy) is 1. The van der Waals surface area contributed by atoms with Crippen LogP contribution in [0.2, 0.25) is 0 Å². The molecule has 7 heteroatoms. The lowest BCUT2D eigenvalue weighted by atomic mass is 9.86. The zero-order valence-corrected chi connectivity index (χ0v) is 17.9. The second-order valence-corrected chi connectivity index (χ2v) is 8.10. The monoisotopic (exact) mass is 421 g/mol. The molecule has 0 spiro atoms. The molecule has 1 unspecified atom stereocenters. The smallest absolute Gasteiger partial charge is 0.327 e. The molecule has 7 nitrogen and oxygen atoms in total. The predicted molar refractivity (Wildman–Crippen MR) is 115 cm³/mol. The number of hydrogen-bond donors (Lipinski definition) is 0. The Labute approximate surface area is 182 Å². The first-order valence-corrected chi connectivity index (χ1v) is 10.5. The second-order valence-electron chi connectivity index (χ2n) is 8.10. The van der Waals surface area contributed by atoms with E-state index >= 15 is 0 Å². The maximum absolute atomic E-state index is 13.5. The van der Waals surface area contributed by atoms with Crippen LogP contribution in [0.4, 0.5) is 4.79 Å². The van der Waals surface area contributed by atoms with Gasteiger partial charge >= 0.3 is 6.03 Å².